The second kappa shape index (κ2) is 7.70. The number of fused-ring (bicyclic) bond motifs is 1. The number of nitro groups is 1. The molecule has 0 aliphatic heterocycles. The van der Waals surface area contributed by atoms with Gasteiger partial charge in [-0.05, 0) is 6.92 Å². The molecule has 0 amide bonds. The standard InChI is InChI=1S/C13H14N4O6.ClH/c1-6(14-3-2-10(18)19)8-4-7(17(22)23)5-9-11(8)16-13(21)12(20)15-9;/h4-6,14H,2-3H2,1H3,(H,15,20)(H,16,21)(H,18,19);1H. The highest BCUT2D eigenvalue weighted by atomic mass is 35.5. The van der Waals surface area contributed by atoms with Crippen LogP contribution in [0.25, 0.3) is 11.0 Å². The maximum atomic E-state index is 11.5. The number of nitro benzene ring substituents is 1. The number of aliphatic carboxylic acids is 1. The molecule has 0 spiro atoms. The molecule has 1 aromatic heterocycles. The Labute approximate surface area is 140 Å². The molecule has 11 heteroatoms. The van der Waals surface area contributed by atoms with Crippen LogP contribution >= 0.6 is 12.4 Å². The van der Waals surface area contributed by atoms with E-state index in [1.165, 1.54) is 6.07 Å². The van der Waals surface area contributed by atoms with Gasteiger partial charge in [-0.1, -0.05) is 0 Å². The molecule has 0 saturated heterocycles. The molecular weight excluding hydrogens is 344 g/mol. The van der Waals surface area contributed by atoms with E-state index in [1.807, 2.05) is 0 Å². The molecule has 4 N–H and O–H groups in total. The fraction of sp³-hybridized carbons (Fsp3) is 0.308. The number of hydrogen-bond donors (Lipinski definition) is 4. The Morgan fingerprint density at radius 1 is 1.33 bits per heavy atom. The first-order valence-corrected chi connectivity index (χ1v) is 6.69. The number of nitrogens with zero attached hydrogens (tertiary/aromatic N) is 1. The average Bonchev–Trinajstić information content (AvgIpc) is 2.46. The van der Waals surface area contributed by atoms with Gasteiger partial charge in [-0.25, -0.2) is 0 Å². The molecule has 24 heavy (non-hydrogen) atoms. The lowest BCUT2D eigenvalue weighted by molar-refractivity contribution is -0.384. The zero-order valence-electron chi connectivity index (χ0n) is 12.5. The molecule has 0 saturated carbocycles. The highest BCUT2D eigenvalue weighted by Gasteiger charge is 2.17. The van der Waals surface area contributed by atoms with Crippen molar-refractivity contribution in [1.82, 2.24) is 15.3 Å². The van der Waals surface area contributed by atoms with Gasteiger partial charge in [-0.2, -0.15) is 0 Å². The van der Waals surface area contributed by atoms with Crippen molar-refractivity contribution in [3.05, 3.63) is 48.5 Å². The quantitative estimate of drug-likeness (QED) is 0.335. The second-order valence-electron chi connectivity index (χ2n) is 4.94. The van der Waals surface area contributed by atoms with Crippen molar-refractivity contribution in [3.63, 3.8) is 0 Å². The van der Waals surface area contributed by atoms with Crippen molar-refractivity contribution in [2.24, 2.45) is 0 Å². The first-order chi connectivity index (χ1) is 10.8. The summed E-state index contributed by atoms with van der Waals surface area (Å²) in [6.45, 7) is 1.82. The van der Waals surface area contributed by atoms with Crippen LogP contribution < -0.4 is 16.4 Å². The third-order valence-electron chi connectivity index (χ3n) is 3.31. The van der Waals surface area contributed by atoms with Crippen molar-refractivity contribution in [2.75, 3.05) is 6.54 Å². The fourth-order valence-corrected chi connectivity index (χ4v) is 2.19. The molecule has 0 bridgehead atoms. The third kappa shape index (κ3) is 4.18. The normalized spacial score (nSPS) is 11.7. The maximum Gasteiger partial charge on any atom is 0.314 e. The molecule has 130 valence electrons. The minimum absolute atomic E-state index is 0. The molecular formula is C13H15ClN4O6. The Morgan fingerprint density at radius 3 is 2.54 bits per heavy atom. The van der Waals surface area contributed by atoms with E-state index in [2.05, 4.69) is 15.3 Å². The van der Waals surface area contributed by atoms with Crippen LogP contribution in [0.3, 0.4) is 0 Å². The fourth-order valence-electron chi connectivity index (χ4n) is 2.19. The van der Waals surface area contributed by atoms with Gasteiger partial charge in [0.05, 0.1) is 22.4 Å². The molecule has 1 atom stereocenters. The number of hydrogen-bond acceptors (Lipinski definition) is 6. The minimum atomic E-state index is -0.980. The number of rotatable bonds is 6. The van der Waals surface area contributed by atoms with Crippen LogP contribution in [0.1, 0.15) is 24.9 Å². The second-order valence-corrected chi connectivity index (χ2v) is 4.94. The number of carboxylic acid groups (broad SMARTS) is 1. The van der Waals surface area contributed by atoms with Gasteiger partial charge in [0.1, 0.15) is 0 Å². The van der Waals surface area contributed by atoms with Crippen molar-refractivity contribution < 1.29 is 14.8 Å². The summed E-state index contributed by atoms with van der Waals surface area (Å²) >= 11 is 0. The molecule has 2 aromatic rings. The Balaban J connectivity index is 0.00000288. The Kier molecular flexibility index (Phi) is 6.20. The predicted molar refractivity (Wildman–Crippen MR) is 87.8 cm³/mol. The highest BCUT2D eigenvalue weighted by molar-refractivity contribution is 5.85. The summed E-state index contributed by atoms with van der Waals surface area (Å²) in [6, 6.07) is 1.95. The number of carboxylic acids is 1. The van der Waals surface area contributed by atoms with Gasteiger partial charge in [0.2, 0.25) is 0 Å². The summed E-state index contributed by atoms with van der Waals surface area (Å²) in [7, 11) is 0. The summed E-state index contributed by atoms with van der Waals surface area (Å²) < 4.78 is 0. The van der Waals surface area contributed by atoms with Gasteiger partial charge in [0, 0.05) is 30.3 Å². The van der Waals surface area contributed by atoms with Crippen LogP contribution in [-0.2, 0) is 4.79 Å². The number of carbonyl (C=O) groups is 1. The van der Waals surface area contributed by atoms with Gasteiger partial charge in [0.15, 0.2) is 0 Å². The molecule has 2 rings (SSSR count). The monoisotopic (exact) mass is 358 g/mol. The number of aromatic amines is 2. The summed E-state index contributed by atoms with van der Waals surface area (Å²) in [5.41, 5.74) is -1.25. The Hall–Kier alpha value is -2.72. The molecule has 1 unspecified atom stereocenters. The number of non-ortho nitro benzene ring substituents is 1. The summed E-state index contributed by atoms with van der Waals surface area (Å²) in [5, 5.41) is 22.6. The average molecular weight is 359 g/mol. The van der Waals surface area contributed by atoms with E-state index >= 15 is 0 Å². The number of benzene rings is 1. The van der Waals surface area contributed by atoms with E-state index in [4.69, 9.17) is 5.11 Å². The largest absolute Gasteiger partial charge is 0.481 e. The first-order valence-electron chi connectivity index (χ1n) is 6.69. The van der Waals surface area contributed by atoms with Crippen molar-refractivity contribution in [1.29, 1.82) is 0 Å². The Morgan fingerprint density at radius 2 is 1.96 bits per heavy atom. The predicted octanol–water partition coefficient (Wildman–Crippen LogP) is 0.672. The van der Waals surface area contributed by atoms with Crippen molar-refractivity contribution in [3.8, 4) is 0 Å². The number of nitrogens with one attached hydrogen (secondary N) is 3. The zero-order valence-corrected chi connectivity index (χ0v) is 13.3. The summed E-state index contributed by atoms with van der Waals surface area (Å²) in [6.07, 6.45) is -0.120. The van der Waals surface area contributed by atoms with E-state index in [9.17, 15) is 24.5 Å². The van der Waals surface area contributed by atoms with E-state index in [0.717, 1.165) is 6.07 Å². The van der Waals surface area contributed by atoms with Gasteiger partial charge < -0.3 is 20.4 Å². The highest BCUT2D eigenvalue weighted by Crippen LogP contribution is 2.26. The molecule has 1 heterocycles. The van der Waals surface area contributed by atoms with Crippen LogP contribution in [-0.4, -0.2) is 32.5 Å². The topological polar surface area (TPSA) is 158 Å². The molecule has 0 aliphatic rings. The lowest BCUT2D eigenvalue weighted by Gasteiger charge is -2.15. The van der Waals surface area contributed by atoms with Crippen LogP contribution in [0.5, 0.6) is 0 Å². The summed E-state index contributed by atoms with van der Waals surface area (Å²) in [5.74, 6) is -0.980. The zero-order chi connectivity index (χ0) is 17.1. The molecule has 0 fully saturated rings. The molecule has 10 nitrogen and oxygen atoms in total. The SMILES string of the molecule is CC(NCCC(=O)O)c1cc([N+](=O)[O-])cc2[nH]c(=O)c(=O)[nH]c12.Cl. The number of aromatic nitrogens is 2. The van der Waals surface area contributed by atoms with Gasteiger partial charge in [0.25, 0.3) is 5.69 Å². The minimum Gasteiger partial charge on any atom is -0.481 e. The lowest BCUT2D eigenvalue weighted by atomic mass is 10.0. The molecule has 0 aliphatic carbocycles. The lowest BCUT2D eigenvalue weighted by Crippen LogP contribution is -2.30. The Bertz CT molecular complexity index is 890. The van der Waals surface area contributed by atoms with E-state index < -0.39 is 28.1 Å². The molecule has 0 radical (unpaired) electrons. The van der Waals surface area contributed by atoms with E-state index in [1.54, 1.807) is 6.92 Å². The van der Waals surface area contributed by atoms with E-state index in [0.29, 0.717) is 5.56 Å². The maximum absolute atomic E-state index is 11.5. The van der Waals surface area contributed by atoms with Crippen LogP contribution in [0.2, 0.25) is 0 Å². The summed E-state index contributed by atoms with van der Waals surface area (Å²) in [4.78, 5) is 48.5. The number of halogens is 1. The first kappa shape index (κ1) is 19.3. The molecule has 1 aromatic carbocycles. The van der Waals surface area contributed by atoms with Crippen LogP contribution in [0.15, 0.2) is 21.7 Å². The van der Waals surface area contributed by atoms with Crippen LogP contribution in [0, 0.1) is 10.1 Å². The van der Waals surface area contributed by atoms with E-state index in [-0.39, 0.29) is 42.1 Å². The van der Waals surface area contributed by atoms with Crippen LogP contribution in [0.4, 0.5) is 5.69 Å². The van der Waals surface area contributed by atoms with Gasteiger partial charge >= 0.3 is 17.1 Å². The van der Waals surface area contributed by atoms with Crippen molar-refractivity contribution >= 4 is 35.1 Å². The van der Waals surface area contributed by atoms with Gasteiger partial charge in [-0.15, -0.1) is 12.4 Å². The van der Waals surface area contributed by atoms with Gasteiger partial charge in [-0.3, -0.25) is 24.5 Å². The van der Waals surface area contributed by atoms with Crippen molar-refractivity contribution in [2.45, 2.75) is 19.4 Å². The smallest absolute Gasteiger partial charge is 0.314 e. The third-order valence-corrected chi connectivity index (χ3v) is 3.31. The number of H-pyrrole nitrogens is 2.